The van der Waals surface area contributed by atoms with Gasteiger partial charge in [-0.1, -0.05) is 12.1 Å². The highest BCUT2D eigenvalue weighted by Crippen LogP contribution is 2.24. The molecule has 1 atom stereocenters. The van der Waals surface area contributed by atoms with Gasteiger partial charge in [0.15, 0.2) is 0 Å². The number of benzene rings is 1. The number of halogens is 4. The zero-order chi connectivity index (χ0) is 16.2. The first-order valence-corrected chi connectivity index (χ1v) is 7.18. The Bertz CT molecular complexity index is 501. The van der Waals surface area contributed by atoms with Gasteiger partial charge in [-0.05, 0) is 37.1 Å². The molecule has 1 aliphatic rings. The first-order chi connectivity index (χ1) is 10.3. The summed E-state index contributed by atoms with van der Waals surface area (Å²) >= 11 is 0. The van der Waals surface area contributed by atoms with Gasteiger partial charge in [0.05, 0.1) is 12.5 Å². The van der Waals surface area contributed by atoms with Gasteiger partial charge in [0.1, 0.15) is 5.82 Å². The van der Waals surface area contributed by atoms with Crippen LogP contribution >= 0.6 is 0 Å². The molecule has 1 aromatic carbocycles. The van der Waals surface area contributed by atoms with Crippen molar-refractivity contribution in [3.63, 3.8) is 0 Å². The third kappa shape index (κ3) is 4.98. The number of hydrogen-bond donors (Lipinski definition) is 1. The standard InChI is InChI=1S/C15H18F4N2O/c16-12-5-3-11(4-6-12)10-20-14(22)13-2-1-8-21(13)9-7-15(17,18)19/h3-6,13H,1-2,7-10H2,(H,20,22)/t13-/m1/s1. The van der Waals surface area contributed by atoms with Crippen molar-refractivity contribution in [1.29, 1.82) is 0 Å². The number of alkyl halides is 3. The maximum absolute atomic E-state index is 12.8. The highest BCUT2D eigenvalue weighted by atomic mass is 19.4. The second-order valence-electron chi connectivity index (χ2n) is 5.40. The summed E-state index contributed by atoms with van der Waals surface area (Å²) in [5.74, 6) is -0.631. The molecule has 0 radical (unpaired) electrons. The lowest BCUT2D eigenvalue weighted by Crippen LogP contribution is -2.44. The van der Waals surface area contributed by atoms with Crippen LogP contribution in [0.15, 0.2) is 24.3 Å². The normalized spacial score (nSPS) is 19.4. The van der Waals surface area contributed by atoms with Gasteiger partial charge >= 0.3 is 6.18 Å². The van der Waals surface area contributed by atoms with Crippen molar-refractivity contribution in [2.45, 2.75) is 38.0 Å². The summed E-state index contributed by atoms with van der Waals surface area (Å²) in [6.45, 7) is 0.589. The average Bonchev–Trinajstić information content (AvgIpc) is 2.92. The lowest BCUT2D eigenvalue weighted by atomic mass is 10.2. The SMILES string of the molecule is O=C(NCc1ccc(F)cc1)[C@H]1CCCN1CCC(F)(F)F. The van der Waals surface area contributed by atoms with E-state index in [9.17, 15) is 22.4 Å². The fourth-order valence-corrected chi connectivity index (χ4v) is 2.57. The molecular weight excluding hydrogens is 300 g/mol. The van der Waals surface area contributed by atoms with Gasteiger partial charge in [-0.2, -0.15) is 13.2 Å². The first-order valence-electron chi connectivity index (χ1n) is 7.18. The second-order valence-corrected chi connectivity index (χ2v) is 5.40. The van der Waals surface area contributed by atoms with Crippen LogP contribution in [0.4, 0.5) is 17.6 Å². The third-order valence-electron chi connectivity index (χ3n) is 3.73. The van der Waals surface area contributed by atoms with Crippen LogP contribution in [0.5, 0.6) is 0 Å². The first kappa shape index (κ1) is 16.7. The Balaban J connectivity index is 1.84. The fraction of sp³-hybridized carbons (Fsp3) is 0.533. The van der Waals surface area contributed by atoms with Crippen LogP contribution in [0.1, 0.15) is 24.8 Å². The maximum Gasteiger partial charge on any atom is 0.390 e. The molecule has 0 spiro atoms. The number of carbonyl (C=O) groups is 1. The molecule has 1 amide bonds. The Morgan fingerprint density at radius 1 is 1.27 bits per heavy atom. The predicted octanol–water partition coefficient (Wildman–Crippen LogP) is 2.86. The van der Waals surface area contributed by atoms with Crippen LogP contribution in [0, 0.1) is 5.82 Å². The summed E-state index contributed by atoms with van der Waals surface area (Å²) in [6, 6.07) is 5.21. The minimum Gasteiger partial charge on any atom is -0.351 e. The van der Waals surface area contributed by atoms with Crippen molar-refractivity contribution in [2.24, 2.45) is 0 Å². The summed E-state index contributed by atoms with van der Waals surface area (Å²) in [6.07, 6.45) is -3.84. The smallest absolute Gasteiger partial charge is 0.351 e. The Kier molecular flexibility index (Phi) is 5.39. The molecule has 7 heteroatoms. The van der Waals surface area contributed by atoms with Gasteiger partial charge in [0, 0.05) is 13.1 Å². The van der Waals surface area contributed by atoms with E-state index in [0.29, 0.717) is 19.4 Å². The quantitative estimate of drug-likeness (QED) is 0.847. The number of carbonyl (C=O) groups excluding carboxylic acids is 1. The van der Waals surface area contributed by atoms with Crippen LogP contribution in [0.25, 0.3) is 0 Å². The average molecular weight is 318 g/mol. The number of likely N-dealkylation sites (tertiary alicyclic amines) is 1. The lowest BCUT2D eigenvalue weighted by molar-refractivity contribution is -0.141. The van der Waals surface area contributed by atoms with E-state index < -0.39 is 18.6 Å². The highest BCUT2D eigenvalue weighted by molar-refractivity contribution is 5.82. The number of hydrogen-bond acceptors (Lipinski definition) is 2. The Morgan fingerprint density at radius 2 is 1.95 bits per heavy atom. The molecule has 0 aromatic heterocycles. The zero-order valence-electron chi connectivity index (χ0n) is 12.0. The van der Waals surface area contributed by atoms with E-state index in [4.69, 9.17) is 0 Å². The monoisotopic (exact) mass is 318 g/mol. The lowest BCUT2D eigenvalue weighted by Gasteiger charge is -2.24. The van der Waals surface area contributed by atoms with Crippen LogP contribution in [0.3, 0.4) is 0 Å². The fourth-order valence-electron chi connectivity index (χ4n) is 2.57. The summed E-state index contributed by atoms with van der Waals surface area (Å²) in [5.41, 5.74) is 0.745. The molecule has 1 saturated heterocycles. The largest absolute Gasteiger partial charge is 0.390 e. The van der Waals surface area contributed by atoms with Gasteiger partial charge in [0.2, 0.25) is 5.91 Å². The molecule has 1 heterocycles. The molecule has 1 N–H and O–H groups in total. The van der Waals surface area contributed by atoms with E-state index in [-0.39, 0.29) is 24.8 Å². The topological polar surface area (TPSA) is 32.3 Å². The van der Waals surface area contributed by atoms with Crippen molar-refractivity contribution in [3.05, 3.63) is 35.6 Å². The van der Waals surface area contributed by atoms with Crippen LogP contribution in [-0.4, -0.2) is 36.1 Å². The van der Waals surface area contributed by atoms with Crippen LogP contribution in [0.2, 0.25) is 0 Å². The van der Waals surface area contributed by atoms with E-state index in [1.165, 1.54) is 12.1 Å². The van der Waals surface area contributed by atoms with E-state index in [0.717, 1.165) is 5.56 Å². The molecule has 22 heavy (non-hydrogen) atoms. The molecule has 0 unspecified atom stereocenters. The van der Waals surface area contributed by atoms with E-state index in [1.54, 1.807) is 17.0 Å². The summed E-state index contributed by atoms with van der Waals surface area (Å²) in [7, 11) is 0. The molecule has 122 valence electrons. The molecule has 0 aliphatic carbocycles. The van der Waals surface area contributed by atoms with Gasteiger partial charge in [0.25, 0.3) is 0 Å². The Hall–Kier alpha value is -1.63. The highest BCUT2D eigenvalue weighted by Gasteiger charge is 2.34. The van der Waals surface area contributed by atoms with Gasteiger partial charge in [-0.3, -0.25) is 9.69 Å². The predicted molar refractivity (Wildman–Crippen MR) is 73.5 cm³/mol. The van der Waals surface area contributed by atoms with Gasteiger partial charge in [-0.15, -0.1) is 0 Å². The van der Waals surface area contributed by atoms with Crippen molar-refractivity contribution in [2.75, 3.05) is 13.1 Å². The van der Waals surface area contributed by atoms with E-state index in [2.05, 4.69) is 5.32 Å². The summed E-state index contributed by atoms with van der Waals surface area (Å²) in [5, 5.41) is 2.70. The molecule has 1 aromatic rings. The minimum atomic E-state index is -4.21. The molecule has 1 fully saturated rings. The van der Waals surface area contributed by atoms with Crippen LogP contribution < -0.4 is 5.32 Å². The summed E-state index contributed by atoms with van der Waals surface area (Å²) in [4.78, 5) is 13.7. The molecular formula is C15H18F4N2O. The van der Waals surface area contributed by atoms with Crippen molar-refractivity contribution in [1.82, 2.24) is 10.2 Å². The molecule has 1 aliphatic heterocycles. The second kappa shape index (κ2) is 7.09. The zero-order valence-corrected chi connectivity index (χ0v) is 12.0. The van der Waals surface area contributed by atoms with E-state index >= 15 is 0 Å². The van der Waals surface area contributed by atoms with Crippen LogP contribution in [-0.2, 0) is 11.3 Å². The van der Waals surface area contributed by atoms with Crippen molar-refractivity contribution >= 4 is 5.91 Å². The summed E-state index contributed by atoms with van der Waals surface area (Å²) < 4.78 is 49.6. The Morgan fingerprint density at radius 3 is 2.59 bits per heavy atom. The Labute approximate surface area is 126 Å². The molecule has 3 nitrogen and oxygen atoms in total. The molecule has 0 bridgehead atoms. The minimum absolute atomic E-state index is 0.155. The number of nitrogens with zero attached hydrogens (tertiary/aromatic N) is 1. The van der Waals surface area contributed by atoms with Gasteiger partial charge < -0.3 is 5.32 Å². The maximum atomic E-state index is 12.8. The molecule has 2 rings (SSSR count). The number of amides is 1. The van der Waals surface area contributed by atoms with Crippen molar-refractivity contribution < 1.29 is 22.4 Å². The van der Waals surface area contributed by atoms with E-state index in [1.807, 2.05) is 0 Å². The third-order valence-corrected chi connectivity index (χ3v) is 3.73. The number of rotatable bonds is 5. The number of nitrogens with one attached hydrogen (secondary N) is 1. The van der Waals surface area contributed by atoms with Gasteiger partial charge in [-0.25, -0.2) is 4.39 Å². The van der Waals surface area contributed by atoms with Crippen molar-refractivity contribution in [3.8, 4) is 0 Å². The molecule has 0 saturated carbocycles.